The highest BCUT2D eigenvalue weighted by Gasteiger charge is 2.06. The molecule has 18 heavy (non-hydrogen) atoms. The maximum absolute atomic E-state index is 13.2. The van der Waals surface area contributed by atoms with E-state index in [9.17, 15) is 9.18 Å². The number of rotatable bonds is 2. The zero-order valence-electron chi connectivity index (χ0n) is 9.00. The van der Waals surface area contributed by atoms with Crippen LogP contribution in [-0.2, 0) is 0 Å². The second-order valence-electron chi connectivity index (χ2n) is 3.31. The lowest BCUT2D eigenvalue weighted by atomic mass is 10.2. The Hall–Kier alpha value is -2.33. The van der Waals surface area contributed by atoms with Crippen molar-refractivity contribution in [3.63, 3.8) is 0 Å². The number of nitrogens with two attached hydrogens (primary N) is 1. The van der Waals surface area contributed by atoms with Crippen LogP contribution >= 0.6 is 11.9 Å². The lowest BCUT2D eigenvalue weighted by Gasteiger charge is -2.04. The molecule has 2 N–H and O–H groups in total. The number of nitrogens with zero attached hydrogens (tertiary/aromatic N) is 3. The van der Waals surface area contributed by atoms with Gasteiger partial charge in [-0.25, -0.2) is 13.2 Å². The molecule has 1 aromatic carbocycles. The summed E-state index contributed by atoms with van der Waals surface area (Å²) in [5.41, 5.74) is 5.03. The van der Waals surface area contributed by atoms with Crippen LogP contribution in [0, 0.1) is 17.1 Å². The summed E-state index contributed by atoms with van der Waals surface area (Å²) in [5.74, 6) is -1.17. The maximum atomic E-state index is 13.2. The topological polar surface area (TPSA) is 84.7 Å². The highest BCUT2D eigenvalue weighted by Crippen LogP contribution is 2.19. The van der Waals surface area contributed by atoms with E-state index >= 15 is 0 Å². The molecule has 7 heteroatoms. The Morgan fingerprint density at radius 2 is 2.06 bits per heavy atom. The molecule has 1 aromatic heterocycles. The van der Waals surface area contributed by atoms with Gasteiger partial charge in [-0.3, -0.25) is 0 Å². The Morgan fingerprint density at radius 3 is 2.67 bits per heavy atom. The molecule has 0 aliphatic carbocycles. The zero-order valence-corrected chi connectivity index (χ0v) is 9.82. The van der Waals surface area contributed by atoms with E-state index in [1.54, 1.807) is 24.3 Å². The molecule has 2 rings (SSSR count). The van der Waals surface area contributed by atoms with Crippen LogP contribution in [0.2, 0.25) is 0 Å². The molecule has 2 aromatic rings. The molecule has 0 radical (unpaired) electrons. The third-order valence-electron chi connectivity index (χ3n) is 2.07. The average molecular weight is 262 g/mol. The van der Waals surface area contributed by atoms with Crippen molar-refractivity contribution in [2.45, 2.75) is 4.90 Å². The van der Waals surface area contributed by atoms with Crippen molar-refractivity contribution in [3.05, 3.63) is 52.3 Å². The molecule has 0 amide bonds. The number of hydrogen-bond acceptors (Lipinski definition) is 5. The monoisotopic (exact) mass is 262 g/mol. The van der Waals surface area contributed by atoms with Crippen LogP contribution in [0.5, 0.6) is 0 Å². The number of anilines is 1. The predicted molar refractivity (Wildman–Crippen MR) is 65.3 cm³/mol. The second-order valence-corrected chi connectivity index (χ2v) is 4.36. The Labute approximate surface area is 106 Å². The van der Waals surface area contributed by atoms with E-state index in [4.69, 9.17) is 11.0 Å². The summed E-state index contributed by atoms with van der Waals surface area (Å²) < 4.78 is 14.2. The van der Waals surface area contributed by atoms with Gasteiger partial charge >= 0.3 is 5.69 Å². The van der Waals surface area contributed by atoms with Crippen LogP contribution in [0.15, 0.2) is 40.2 Å². The largest absolute Gasteiger partial charge is 0.381 e. The molecule has 0 atom stereocenters. The van der Waals surface area contributed by atoms with Gasteiger partial charge < -0.3 is 5.73 Å². The molecule has 0 fully saturated rings. The second kappa shape index (κ2) is 4.89. The van der Waals surface area contributed by atoms with Gasteiger partial charge in [0.25, 0.3) is 0 Å². The Balaban J connectivity index is 2.31. The van der Waals surface area contributed by atoms with Crippen LogP contribution in [-0.4, -0.2) is 8.96 Å². The van der Waals surface area contributed by atoms with E-state index in [0.717, 1.165) is 22.1 Å². The molecule has 90 valence electrons. The first kappa shape index (κ1) is 12.1. The lowest BCUT2D eigenvalue weighted by molar-refractivity contribution is 0.614. The third kappa shape index (κ3) is 2.49. The highest BCUT2D eigenvalue weighted by molar-refractivity contribution is 7.97. The number of nitrogen functional groups attached to an aromatic ring is 1. The minimum Gasteiger partial charge on any atom is -0.381 e. The summed E-state index contributed by atoms with van der Waals surface area (Å²) in [6.07, 6.45) is 0.980. The van der Waals surface area contributed by atoms with Gasteiger partial charge in [0.05, 0.1) is 17.8 Å². The summed E-state index contributed by atoms with van der Waals surface area (Å²) in [6, 6.07) is 8.50. The summed E-state index contributed by atoms with van der Waals surface area (Å²) >= 11 is 0.993. The van der Waals surface area contributed by atoms with E-state index in [-0.39, 0.29) is 0 Å². The summed E-state index contributed by atoms with van der Waals surface area (Å²) in [7, 11) is 0. The van der Waals surface area contributed by atoms with Crippen molar-refractivity contribution < 1.29 is 4.39 Å². The standard InChI is InChI=1S/C11H7FN4OS/c12-9-6-16(11(17)15-10(9)14)18-8-3-1-7(5-13)2-4-8/h1-4,6H,(H2,14,15,17). The van der Waals surface area contributed by atoms with E-state index in [1.165, 1.54) is 0 Å². The highest BCUT2D eigenvalue weighted by atomic mass is 32.2. The normalized spacial score (nSPS) is 10.0. The fourth-order valence-electron chi connectivity index (χ4n) is 1.20. The van der Waals surface area contributed by atoms with Crippen molar-refractivity contribution in [2.24, 2.45) is 0 Å². The fraction of sp³-hybridized carbons (Fsp3) is 0. The number of benzene rings is 1. The molecule has 0 bridgehead atoms. The summed E-state index contributed by atoms with van der Waals surface area (Å²) in [5, 5.41) is 8.64. The molecule has 0 saturated carbocycles. The lowest BCUT2D eigenvalue weighted by Crippen LogP contribution is -2.20. The molecule has 0 unspecified atom stereocenters. The summed E-state index contributed by atoms with van der Waals surface area (Å²) in [6.45, 7) is 0. The minimum absolute atomic E-state index is 0.420. The van der Waals surface area contributed by atoms with Crippen LogP contribution in [0.4, 0.5) is 10.2 Å². The molecule has 0 spiro atoms. The molecule has 1 heterocycles. The molecular formula is C11H7FN4OS. The first-order valence-corrected chi connectivity index (χ1v) is 5.60. The third-order valence-corrected chi connectivity index (χ3v) is 3.01. The zero-order chi connectivity index (χ0) is 13.1. The van der Waals surface area contributed by atoms with Gasteiger partial charge in [0.2, 0.25) is 0 Å². The SMILES string of the molecule is N#Cc1ccc(Sn2cc(F)c(N)nc2=O)cc1. The van der Waals surface area contributed by atoms with Crippen molar-refractivity contribution >= 4 is 17.8 Å². The van der Waals surface area contributed by atoms with Crippen LogP contribution < -0.4 is 11.4 Å². The Bertz CT molecular complexity index is 675. The molecule has 0 saturated heterocycles. The van der Waals surface area contributed by atoms with E-state index in [0.29, 0.717) is 10.5 Å². The van der Waals surface area contributed by atoms with Gasteiger partial charge in [0, 0.05) is 4.90 Å². The predicted octanol–water partition coefficient (Wildman–Crippen LogP) is 1.39. The van der Waals surface area contributed by atoms with E-state index in [1.807, 2.05) is 6.07 Å². The van der Waals surface area contributed by atoms with E-state index in [2.05, 4.69) is 4.98 Å². The van der Waals surface area contributed by atoms with E-state index < -0.39 is 17.3 Å². The van der Waals surface area contributed by atoms with Gasteiger partial charge in [-0.05, 0) is 36.2 Å². The fourth-order valence-corrected chi connectivity index (χ4v) is 1.95. The minimum atomic E-state index is -0.754. The molecule has 5 nitrogen and oxygen atoms in total. The molecular weight excluding hydrogens is 255 g/mol. The number of aromatic nitrogens is 2. The maximum Gasteiger partial charge on any atom is 0.360 e. The van der Waals surface area contributed by atoms with Crippen molar-refractivity contribution in [1.82, 2.24) is 8.96 Å². The Kier molecular flexibility index (Phi) is 3.30. The molecule has 0 aliphatic rings. The van der Waals surface area contributed by atoms with Gasteiger partial charge in [0.1, 0.15) is 0 Å². The van der Waals surface area contributed by atoms with Gasteiger partial charge in [-0.1, -0.05) is 0 Å². The van der Waals surface area contributed by atoms with Gasteiger partial charge in [0.15, 0.2) is 11.6 Å². The van der Waals surface area contributed by atoms with Crippen molar-refractivity contribution in [2.75, 3.05) is 5.73 Å². The van der Waals surface area contributed by atoms with Crippen LogP contribution in [0.25, 0.3) is 0 Å². The van der Waals surface area contributed by atoms with Crippen molar-refractivity contribution in [1.29, 1.82) is 5.26 Å². The smallest absolute Gasteiger partial charge is 0.360 e. The van der Waals surface area contributed by atoms with Crippen molar-refractivity contribution in [3.8, 4) is 6.07 Å². The number of halogens is 1. The van der Waals surface area contributed by atoms with Crippen LogP contribution in [0.3, 0.4) is 0 Å². The Morgan fingerprint density at radius 1 is 1.39 bits per heavy atom. The number of hydrogen-bond donors (Lipinski definition) is 1. The first-order valence-electron chi connectivity index (χ1n) is 4.83. The van der Waals surface area contributed by atoms with Gasteiger partial charge in [-0.15, -0.1) is 0 Å². The van der Waals surface area contributed by atoms with Crippen LogP contribution in [0.1, 0.15) is 5.56 Å². The van der Waals surface area contributed by atoms with Gasteiger partial charge in [-0.2, -0.15) is 10.2 Å². The molecule has 0 aliphatic heterocycles. The first-order chi connectivity index (χ1) is 8.60. The quantitative estimate of drug-likeness (QED) is 0.884. The summed E-state index contributed by atoms with van der Waals surface area (Å²) in [4.78, 5) is 15.5. The average Bonchev–Trinajstić information content (AvgIpc) is 2.37. The number of nitriles is 1.